The van der Waals surface area contributed by atoms with E-state index in [1.165, 1.54) is 0 Å². The number of aromatic amines is 1. The number of aromatic nitrogens is 2. The first kappa shape index (κ1) is 8.10. The molecule has 0 fully saturated rings. The number of phenols is 1. The highest BCUT2D eigenvalue weighted by molar-refractivity contribution is 5.86. The average Bonchev–Trinajstić information content (AvgIpc) is 2.48. The predicted octanol–water partition coefficient (Wildman–Crippen LogP) is 2.39. The molecule has 0 unspecified atom stereocenters. The van der Waals surface area contributed by atoms with E-state index in [4.69, 9.17) is 0 Å². The Morgan fingerprint density at radius 2 is 2.15 bits per heavy atom. The van der Waals surface area contributed by atoms with Crippen molar-refractivity contribution in [2.75, 3.05) is 0 Å². The first-order valence-electron chi connectivity index (χ1n) is 4.36. The molecule has 0 spiro atoms. The number of nitrogens with zero attached hydrogens (tertiary/aromatic N) is 1. The normalized spacial score (nSPS) is 11.3. The highest BCUT2D eigenvalue weighted by Crippen LogP contribution is 2.27. The van der Waals surface area contributed by atoms with Gasteiger partial charge in [-0.3, -0.25) is 5.10 Å². The van der Waals surface area contributed by atoms with Crippen molar-refractivity contribution in [3.63, 3.8) is 0 Å². The molecule has 0 saturated heterocycles. The lowest BCUT2D eigenvalue weighted by atomic mass is 10.1. The standard InChI is InChI=1S/C10H12N2O/c1-6(2)9-7-4-3-5-8(13)10(7)12-11-9/h3-6,13H,1-2H3,(H,11,12). The van der Waals surface area contributed by atoms with Crippen LogP contribution in [0.3, 0.4) is 0 Å². The summed E-state index contributed by atoms with van der Waals surface area (Å²) in [6.45, 7) is 4.19. The maximum absolute atomic E-state index is 9.48. The van der Waals surface area contributed by atoms with E-state index in [1.54, 1.807) is 6.07 Å². The molecule has 0 saturated carbocycles. The molecule has 3 nitrogen and oxygen atoms in total. The second-order valence-corrected chi connectivity index (χ2v) is 3.47. The van der Waals surface area contributed by atoms with Gasteiger partial charge < -0.3 is 5.11 Å². The molecule has 2 N–H and O–H groups in total. The van der Waals surface area contributed by atoms with Gasteiger partial charge in [0, 0.05) is 11.1 Å². The summed E-state index contributed by atoms with van der Waals surface area (Å²) in [5.41, 5.74) is 1.73. The lowest BCUT2D eigenvalue weighted by Gasteiger charge is -2.00. The lowest BCUT2D eigenvalue weighted by molar-refractivity contribution is 0.480. The smallest absolute Gasteiger partial charge is 0.143 e. The van der Waals surface area contributed by atoms with Crippen molar-refractivity contribution in [2.45, 2.75) is 19.8 Å². The van der Waals surface area contributed by atoms with Gasteiger partial charge in [-0.15, -0.1) is 0 Å². The molecule has 0 aliphatic heterocycles. The summed E-state index contributed by atoms with van der Waals surface area (Å²) in [7, 11) is 0. The van der Waals surface area contributed by atoms with E-state index in [2.05, 4.69) is 24.0 Å². The molecule has 1 heterocycles. The summed E-state index contributed by atoms with van der Waals surface area (Å²) in [5.74, 6) is 0.632. The lowest BCUT2D eigenvalue weighted by Crippen LogP contribution is -1.87. The number of hydrogen-bond acceptors (Lipinski definition) is 2. The minimum atomic E-state index is 0.237. The summed E-state index contributed by atoms with van der Waals surface area (Å²) >= 11 is 0. The highest BCUT2D eigenvalue weighted by Gasteiger charge is 2.10. The topological polar surface area (TPSA) is 48.9 Å². The van der Waals surface area contributed by atoms with Crippen LogP contribution in [0.2, 0.25) is 0 Å². The van der Waals surface area contributed by atoms with Crippen LogP contribution in [0.4, 0.5) is 0 Å². The summed E-state index contributed by atoms with van der Waals surface area (Å²) < 4.78 is 0. The second-order valence-electron chi connectivity index (χ2n) is 3.47. The molecular weight excluding hydrogens is 164 g/mol. The van der Waals surface area contributed by atoms with Gasteiger partial charge >= 0.3 is 0 Å². The fourth-order valence-electron chi connectivity index (χ4n) is 1.48. The summed E-state index contributed by atoms with van der Waals surface area (Å²) in [5, 5.41) is 17.5. The Hall–Kier alpha value is -1.51. The van der Waals surface area contributed by atoms with Crippen LogP contribution < -0.4 is 0 Å². The van der Waals surface area contributed by atoms with Crippen molar-refractivity contribution in [3.8, 4) is 5.75 Å². The van der Waals surface area contributed by atoms with Crippen LogP contribution in [-0.2, 0) is 0 Å². The van der Waals surface area contributed by atoms with Crippen LogP contribution in [0.1, 0.15) is 25.5 Å². The number of fused-ring (bicyclic) bond motifs is 1. The number of rotatable bonds is 1. The van der Waals surface area contributed by atoms with Gasteiger partial charge in [-0.05, 0) is 12.0 Å². The minimum Gasteiger partial charge on any atom is -0.506 e. The zero-order valence-electron chi connectivity index (χ0n) is 7.70. The monoisotopic (exact) mass is 176 g/mol. The molecule has 13 heavy (non-hydrogen) atoms. The Labute approximate surface area is 76.4 Å². The van der Waals surface area contributed by atoms with E-state index in [-0.39, 0.29) is 5.75 Å². The Balaban J connectivity index is 2.75. The molecule has 0 aliphatic rings. The van der Waals surface area contributed by atoms with E-state index in [0.29, 0.717) is 11.4 Å². The molecule has 2 aromatic rings. The molecule has 0 atom stereocenters. The van der Waals surface area contributed by atoms with Gasteiger partial charge in [0.25, 0.3) is 0 Å². The molecule has 2 rings (SSSR count). The SMILES string of the molecule is CC(C)c1[nH]nc2c(O)cccc12. The molecule has 0 bridgehead atoms. The van der Waals surface area contributed by atoms with Crippen LogP contribution in [0.25, 0.3) is 10.9 Å². The van der Waals surface area contributed by atoms with E-state index in [9.17, 15) is 5.11 Å². The number of aromatic hydroxyl groups is 1. The van der Waals surface area contributed by atoms with Crippen molar-refractivity contribution in [3.05, 3.63) is 23.9 Å². The van der Waals surface area contributed by atoms with Crippen LogP contribution in [-0.4, -0.2) is 15.3 Å². The third kappa shape index (κ3) is 1.16. The zero-order valence-corrected chi connectivity index (χ0v) is 7.70. The molecule has 1 aromatic heterocycles. The molecule has 1 aromatic carbocycles. The quantitative estimate of drug-likeness (QED) is 0.700. The van der Waals surface area contributed by atoms with E-state index >= 15 is 0 Å². The number of benzene rings is 1. The van der Waals surface area contributed by atoms with Crippen LogP contribution in [0, 0.1) is 0 Å². The van der Waals surface area contributed by atoms with Crippen molar-refractivity contribution in [1.82, 2.24) is 10.2 Å². The molecule has 3 heteroatoms. The average molecular weight is 176 g/mol. The third-order valence-electron chi connectivity index (χ3n) is 2.17. The number of phenolic OH excluding ortho intramolecular Hbond substituents is 1. The van der Waals surface area contributed by atoms with Gasteiger partial charge in [0.1, 0.15) is 11.3 Å². The van der Waals surface area contributed by atoms with Gasteiger partial charge in [-0.25, -0.2) is 0 Å². The zero-order chi connectivity index (χ0) is 9.42. The van der Waals surface area contributed by atoms with Crippen LogP contribution >= 0.6 is 0 Å². The van der Waals surface area contributed by atoms with Crippen molar-refractivity contribution >= 4 is 10.9 Å². The van der Waals surface area contributed by atoms with Gasteiger partial charge in [-0.2, -0.15) is 5.10 Å². The van der Waals surface area contributed by atoms with Crippen molar-refractivity contribution < 1.29 is 5.11 Å². The Morgan fingerprint density at radius 1 is 1.38 bits per heavy atom. The molecule has 0 amide bonds. The van der Waals surface area contributed by atoms with Crippen molar-refractivity contribution in [2.24, 2.45) is 0 Å². The Bertz CT molecular complexity index is 431. The number of nitrogens with one attached hydrogen (secondary N) is 1. The first-order chi connectivity index (χ1) is 6.20. The molecule has 0 aliphatic carbocycles. The second kappa shape index (κ2) is 2.76. The van der Waals surface area contributed by atoms with Crippen LogP contribution in [0.15, 0.2) is 18.2 Å². The fraction of sp³-hybridized carbons (Fsp3) is 0.300. The Kier molecular flexibility index (Phi) is 1.72. The van der Waals surface area contributed by atoms with Crippen LogP contribution in [0.5, 0.6) is 5.75 Å². The summed E-state index contributed by atoms with van der Waals surface area (Å²) in [4.78, 5) is 0. The van der Waals surface area contributed by atoms with E-state index < -0.39 is 0 Å². The maximum Gasteiger partial charge on any atom is 0.143 e. The highest BCUT2D eigenvalue weighted by atomic mass is 16.3. The summed E-state index contributed by atoms with van der Waals surface area (Å²) in [6.07, 6.45) is 0. The molecule has 68 valence electrons. The Morgan fingerprint density at radius 3 is 2.85 bits per heavy atom. The first-order valence-corrected chi connectivity index (χ1v) is 4.36. The maximum atomic E-state index is 9.48. The summed E-state index contributed by atoms with van der Waals surface area (Å²) in [6, 6.07) is 5.44. The molecule has 0 radical (unpaired) electrons. The number of H-pyrrole nitrogens is 1. The van der Waals surface area contributed by atoms with Gasteiger partial charge in [0.15, 0.2) is 0 Å². The fourth-order valence-corrected chi connectivity index (χ4v) is 1.48. The van der Waals surface area contributed by atoms with E-state index in [0.717, 1.165) is 11.1 Å². The van der Waals surface area contributed by atoms with Crippen molar-refractivity contribution in [1.29, 1.82) is 0 Å². The number of hydrogen-bond donors (Lipinski definition) is 2. The molecular formula is C10H12N2O. The number of para-hydroxylation sites is 1. The van der Waals surface area contributed by atoms with Gasteiger partial charge in [0.05, 0.1) is 0 Å². The third-order valence-corrected chi connectivity index (χ3v) is 2.17. The minimum absolute atomic E-state index is 0.237. The van der Waals surface area contributed by atoms with Gasteiger partial charge in [-0.1, -0.05) is 26.0 Å². The predicted molar refractivity (Wildman–Crippen MR) is 51.8 cm³/mol. The van der Waals surface area contributed by atoms with Gasteiger partial charge in [0.2, 0.25) is 0 Å². The van der Waals surface area contributed by atoms with E-state index in [1.807, 2.05) is 12.1 Å². The largest absolute Gasteiger partial charge is 0.506 e.